The van der Waals surface area contributed by atoms with Crippen LogP contribution in [0.3, 0.4) is 0 Å². The molecule has 0 saturated carbocycles. The molecular weight excluding hydrogens is 370 g/mol. The largest absolute Gasteiger partial charge is 0.478 e. The number of nitrogens with zero attached hydrogens (tertiary/aromatic N) is 1. The summed E-state index contributed by atoms with van der Waals surface area (Å²) in [6.07, 6.45) is 0.648. The van der Waals surface area contributed by atoms with Crippen LogP contribution in [0.15, 0.2) is 51.8 Å². The first kappa shape index (κ1) is 15.1. The number of para-hydroxylation sites is 1. The van der Waals surface area contributed by atoms with Crippen LogP contribution in [-0.2, 0) is 16.4 Å². The van der Waals surface area contributed by atoms with E-state index in [-0.39, 0.29) is 10.5 Å². The van der Waals surface area contributed by atoms with Gasteiger partial charge in [0, 0.05) is 11.0 Å². The van der Waals surface area contributed by atoms with Gasteiger partial charge < -0.3 is 5.11 Å². The number of sulfonamides is 1. The summed E-state index contributed by atoms with van der Waals surface area (Å²) in [4.78, 5) is 11.1. The highest BCUT2D eigenvalue weighted by atomic mass is 79.9. The predicted molar refractivity (Wildman–Crippen MR) is 85.8 cm³/mol. The molecule has 1 N–H and O–H groups in total. The Labute approximate surface area is 136 Å². The van der Waals surface area contributed by atoms with Gasteiger partial charge in [0.2, 0.25) is 0 Å². The number of carboxylic acids is 1. The van der Waals surface area contributed by atoms with E-state index in [9.17, 15) is 13.2 Å². The molecule has 7 heteroatoms. The molecule has 0 aliphatic carbocycles. The van der Waals surface area contributed by atoms with Crippen molar-refractivity contribution >= 4 is 37.6 Å². The Bertz CT molecular complexity index is 864. The summed E-state index contributed by atoms with van der Waals surface area (Å²) in [7, 11) is -3.79. The van der Waals surface area contributed by atoms with Crippen LogP contribution in [0.2, 0.25) is 0 Å². The Morgan fingerprint density at radius 1 is 1.18 bits per heavy atom. The third-order valence-electron chi connectivity index (χ3n) is 3.55. The number of hydrogen-bond acceptors (Lipinski definition) is 3. The minimum Gasteiger partial charge on any atom is -0.478 e. The lowest BCUT2D eigenvalue weighted by Crippen LogP contribution is -2.29. The van der Waals surface area contributed by atoms with Crippen molar-refractivity contribution in [1.82, 2.24) is 0 Å². The van der Waals surface area contributed by atoms with Crippen molar-refractivity contribution in [3.63, 3.8) is 0 Å². The summed E-state index contributed by atoms with van der Waals surface area (Å²) in [5.41, 5.74) is 1.55. The van der Waals surface area contributed by atoms with E-state index in [4.69, 9.17) is 5.11 Å². The van der Waals surface area contributed by atoms with Crippen molar-refractivity contribution in [1.29, 1.82) is 0 Å². The van der Waals surface area contributed by atoms with E-state index in [1.165, 1.54) is 22.5 Å². The lowest BCUT2D eigenvalue weighted by Gasteiger charge is -2.20. The van der Waals surface area contributed by atoms with Crippen LogP contribution in [0.25, 0.3) is 0 Å². The van der Waals surface area contributed by atoms with Crippen LogP contribution >= 0.6 is 15.9 Å². The van der Waals surface area contributed by atoms with E-state index in [0.29, 0.717) is 23.1 Å². The van der Waals surface area contributed by atoms with Gasteiger partial charge in [-0.3, -0.25) is 4.31 Å². The summed E-state index contributed by atoms with van der Waals surface area (Å²) in [5.74, 6) is -1.17. The smallest absolute Gasteiger partial charge is 0.335 e. The maximum atomic E-state index is 12.8. The van der Waals surface area contributed by atoms with Gasteiger partial charge in [-0.05, 0) is 36.2 Å². The van der Waals surface area contributed by atoms with Crippen molar-refractivity contribution in [2.45, 2.75) is 11.3 Å². The summed E-state index contributed by atoms with van der Waals surface area (Å²) in [6.45, 7) is 0.358. The highest BCUT2D eigenvalue weighted by Gasteiger charge is 2.31. The molecular formula is C15H12BrNO4S. The van der Waals surface area contributed by atoms with Gasteiger partial charge in [0.1, 0.15) is 0 Å². The van der Waals surface area contributed by atoms with E-state index >= 15 is 0 Å². The minimum absolute atomic E-state index is 0.0315. The van der Waals surface area contributed by atoms with Crippen molar-refractivity contribution in [3.05, 3.63) is 58.1 Å². The topological polar surface area (TPSA) is 74.7 Å². The molecule has 0 bridgehead atoms. The van der Waals surface area contributed by atoms with E-state index in [0.717, 1.165) is 5.56 Å². The average molecular weight is 382 g/mol. The van der Waals surface area contributed by atoms with Crippen molar-refractivity contribution in [2.75, 3.05) is 10.8 Å². The first-order valence-corrected chi connectivity index (χ1v) is 8.77. The summed E-state index contributed by atoms with van der Waals surface area (Å²) < 4.78 is 27.4. The van der Waals surface area contributed by atoms with E-state index in [1.807, 2.05) is 12.1 Å². The fourth-order valence-electron chi connectivity index (χ4n) is 2.52. The van der Waals surface area contributed by atoms with Gasteiger partial charge in [0.15, 0.2) is 0 Å². The minimum atomic E-state index is -3.79. The molecule has 2 aromatic rings. The van der Waals surface area contributed by atoms with Crippen LogP contribution < -0.4 is 4.31 Å². The molecule has 0 amide bonds. The standard InChI is InChI=1S/C15H12BrNO4S/c16-12-7-11(15(18)19)8-13(9-12)22(20,21)17-6-5-10-3-1-2-4-14(10)17/h1-4,7-9H,5-6H2,(H,18,19). The Morgan fingerprint density at radius 3 is 2.64 bits per heavy atom. The van der Waals surface area contributed by atoms with Gasteiger partial charge in [-0.2, -0.15) is 0 Å². The molecule has 1 aliphatic rings. The van der Waals surface area contributed by atoms with Crippen LogP contribution in [-0.4, -0.2) is 26.0 Å². The lowest BCUT2D eigenvalue weighted by atomic mass is 10.2. The van der Waals surface area contributed by atoms with Crippen molar-refractivity contribution < 1.29 is 18.3 Å². The summed E-state index contributed by atoms with van der Waals surface area (Å²) in [6, 6.07) is 11.3. The van der Waals surface area contributed by atoms with Crippen LogP contribution in [0.5, 0.6) is 0 Å². The van der Waals surface area contributed by atoms with Gasteiger partial charge in [-0.15, -0.1) is 0 Å². The molecule has 0 aromatic heterocycles. The lowest BCUT2D eigenvalue weighted by molar-refractivity contribution is 0.0696. The highest BCUT2D eigenvalue weighted by Crippen LogP contribution is 2.33. The molecule has 5 nitrogen and oxygen atoms in total. The summed E-state index contributed by atoms with van der Waals surface area (Å²) in [5, 5.41) is 9.09. The second-order valence-electron chi connectivity index (χ2n) is 4.94. The zero-order valence-corrected chi connectivity index (χ0v) is 13.8. The predicted octanol–water partition coefficient (Wildman–Crippen LogP) is 2.90. The number of aromatic carboxylic acids is 1. The van der Waals surface area contributed by atoms with E-state index in [1.54, 1.807) is 12.1 Å². The number of hydrogen-bond donors (Lipinski definition) is 1. The average Bonchev–Trinajstić information content (AvgIpc) is 2.91. The Kier molecular flexibility index (Phi) is 3.70. The van der Waals surface area contributed by atoms with Gasteiger partial charge in [0.05, 0.1) is 16.1 Å². The van der Waals surface area contributed by atoms with Crippen molar-refractivity contribution in [3.8, 4) is 0 Å². The molecule has 3 rings (SSSR count). The van der Waals surface area contributed by atoms with Crippen LogP contribution in [0.4, 0.5) is 5.69 Å². The molecule has 114 valence electrons. The van der Waals surface area contributed by atoms with Gasteiger partial charge in [0.25, 0.3) is 10.0 Å². The van der Waals surface area contributed by atoms with Crippen LogP contribution in [0.1, 0.15) is 15.9 Å². The second kappa shape index (κ2) is 5.40. The number of anilines is 1. The zero-order valence-electron chi connectivity index (χ0n) is 11.4. The molecule has 0 spiro atoms. The number of carbonyl (C=O) groups is 1. The molecule has 0 radical (unpaired) electrons. The highest BCUT2D eigenvalue weighted by molar-refractivity contribution is 9.10. The molecule has 1 heterocycles. The quantitative estimate of drug-likeness (QED) is 0.886. The first-order valence-electron chi connectivity index (χ1n) is 6.54. The van der Waals surface area contributed by atoms with E-state index in [2.05, 4.69) is 15.9 Å². The number of halogens is 1. The van der Waals surface area contributed by atoms with Gasteiger partial charge in [-0.25, -0.2) is 13.2 Å². The molecule has 0 atom stereocenters. The summed E-state index contributed by atoms with van der Waals surface area (Å²) >= 11 is 3.17. The molecule has 0 saturated heterocycles. The Hall–Kier alpha value is -1.86. The maximum absolute atomic E-state index is 12.8. The number of benzene rings is 2. The van der Waals surface area contributed by atoms with Gasteiger partial charge >= 0.3 is 5.97 Å². The molecule has 1 aliphatic heterocycles. The number of rotatable bonds is 3. The zero-order chi connectivity index (χ0) is 15.9. The first-order chi connectivity index (χ1) is 10.4. The second-order valence-corrected chi connectivity index (χ2v) is 7.71. The normalized spacial score (nSPS) is 14.0. The van der Waals surface area contributed by atoms with E-state index < -0.39 is 16.0 Å². The van der Waals surface area contributed by atoms with Crippen molar-refractivity contribution in [2.24, 2.45) is 0 Å². The third-order valence-corrected chi connectivity index (χ3v) is 5.80. The fourth-order valence-corrected chi connectivity index (χ4v) is 4.74. The number of fused-ring (bicyclic) bond motifs is 1. The monoisotopic (exact) mass is 381 g/mol. The Balaban J connectivity index is 2.10. The molecule has 2 aromatic carbocycles. The fraction of sp³-hybridized carbons (Fsp3) is 0.133. The third kappa shape index (κ3) is 2.50. The Morgan fingerprint density at radius 2 is 1.91 bits per heavy atom. The molecule has 0 unspecified atom stereocenters. The van der Waals surface area contributed by atoms with Crippen LogP contribution in [0, 0.1) is 0 Å². The maximum Gasteiger partial charge on any atom is 0.335 e. The SMILES string of the molecule is O=C(O)c1cc(Br)cc(S(=O)(=O)N2CCc3ccccc32)c1. The number of carboxylic acid groups (broad SMARTS) is 1. The molecule has 0 fully saturated rings. The van der Waals surface area contributed by atoms with Gasteiger partial charge in [-0.1, -0.05) is 34.1 Å². The molecule has 22 heavy (non-hydrogen) atoms.